The van der Waals surface area contributed by atoms with Gasteiger partial charge in [-0.15, -0.1) is 0 Å². The summed E-state index contributed by atoms with van der Waals surface area (Å²) in [5, 5.41) is 19.1. The number of carbonyl (C=O) groups excluding carboxylic acids is 1. The van der Waals surface area contributed by atoms with Crippen molar-refractivity contribution in [2.45, 2.75) is 0 Å². The first-order chi connectivity index (χ1) is 6.66. The highest BCUT2D eigenvalue weighted by Crippen LogP contribution is 1.95. The first-order valence-corrected chi connectivity index (χ1v) is 3.43. The fourth-order valence-electron chi connectivity index (χ4n) is 0.723. The summed E-state index contributed by atoms with van der Waals surface area (Å²) < 4.78 is 0. The van der Waals surface area contributed by atoms with Crippen LogP contribution >= 0.6 is 0 Å². The molecule has 0 aliphatic rings. The molecule has 0 atom stereocenters. The summed E-state index contributed by atoms with van der Waals surface area (Å²) in [5.41, 5.74) is -1.19. The van der Waals surface area contributed by atoms with Gasteiger partial charge < -0.3 is 10.3 Å². The van der Waals surface area contributed by atoms with Gasteiger partial charge >= 0.3 is 5.97 Å². The van der Waals surface area contributed by atoms with Crippen LogP contribution in [0.3, 0.4) is 0 Å². The third kappa shape index (κ3) is 1.89. The minimum absolute atomic E-state index is 0.192. The van der Waals surface area contributed by atoms with E-state index in [2.05, 4.69) is 15.1 Å². The van der Waals surface area contributed by atoms with Crippen molar-refractivity contribution in [2.75, 3.05) is 0 Å². The standard InChI is InChI=1S/C7H5N3O4/c11-6(5(10-14)7(12)13)4-3-8-1-2-9-4/h1-3,14H,(H,12,13). The second-order valence-electron chi connectivity index (χ2n) is 2.17. The van der Waals surface area contributed by atoms with Gasteiger partial charge in [0, 0.05) is 12.4 Å². The minimum Gasteiger partial charge on any atom is -0.476 e. The van der Waals surface area contributed by atoms with E-state index in [1.54, 1.807) is 0 Å². The maximum atomic E-state index is 11.2. The van der Waals surface area contributed by atoms with Gasteiger partial charge in [-0.05, 0) is 0 Å². The number of rotatable bonds is 3. The molecular formula is C7H5N3O4. The molecule has 2 N–H and O–H groups in total. The van der Waals surface area contributed by atoms with Crippen molar-refractivity contribution in [2.24, 2.45) is 5.16 Å². The number of Topliss-reactive ketones (excluding diaryl/α,β-unsaturated/α-hetero) is 1. The van der Waals surface area contributed by atoms with Gasteiger partial charge in [0.25, 0.3) is 0 Å². The van der Waals surface area contributed by atoms with Crippen molar-refractivity contribution in [1.82, 2.24) is 9.97 Å². The average Bonchev–Trinajstić information content (AvgIpc) is 2.19. The summed E-state index contributed by atoms with van der Waals surface area (Å²) in [6.07, 6.45) is 3.63. The number of ketones is 1. The van der Waals surface area contributed by atoms with Crippen LogP contribution in [0.5, 0.6) is 0 Å². The molecule has 72 valence electrons. The van der Waals surface area contributed by atoms with E-state index in [4.69, 9.17) is 10.3 Å². The van der Waals surface area contributed by atoms with Crippen molar-refractivity contribution in [1.29, 1.82) is 0 Å². The van der Waals surface area contributed by atoms with Gasteiger partial charge in [-0.3, -0.25) is 9.78 Å². The topological polar surface area (TPSA) is 113 Å². The lowest BCUT2D eigenvalue weighted by Gasteiger charge is -1.96. The summed E-state index contributed by atoms with van der Waals surface area (Å²) in [5.74, 6) is -2.61. The van der Waals surface area contributed by atoms with Crippen molar-refractivity contribution in [3.05, 3.63) is 24.3 Å². The highest BCUT2D eigenvalue weighted by atomic mass is 16.4. The lowest BCUT2D eigenvalue weighted by atomic mass is 10.2. The summed E-state index contributed by atoms with van der Waals surface area (Å²) in [6.45, 7) is 0. The Morgan fingerprint density at radius 1 is 1.36 bits per heavy atom. The molecule has 14 heavy (non-hydrogen) atoms. The lowest BCUT2D eigenvalue weighted by molar-refractivity contribution is -0.129. The summed E-state index contributed by atoms with van der Waals surface area (Å²) in [4.78, 5) is 28.8. The number of oxime groups is 1. The fraction of sp³-hybridized carbons (Fsp3) is 0. The molecular weight excluding hydrogens is 190 g/mol. The van der Waals surface area contributed by atoms with Crippen LogP contribution in [0, 0.1) is 0 Å². The summed E-state index contributed by atoms with van der Waals surface area (Å²) in [7, 11) is 0. The maximum absolute atomic E-state index is 11.2. The Hall–Kier alpha value is -2.31. The van der Waals surface area contributed by atoms with Crippen LogP contribution < -0.4 is 0 Å². The Bertz CT molecular complexity index is 387. The number of nitrogens with zero attached hydrogens (tertiary/aromatic N) is 3. The van der Waals surface area contributed by atoms with Crippen LogP contribution in [0.25, 0.3) is 0 Å². The third-order valence-corrected chi connectivity index (χ3v) is 1.31. The molecule has 0 spiro atoms. The fourth-order valence-corrected chi connectivity index (χ4v) is 0.723. The molecule has 0 unspecified atom stereocenters. The number of aliphatic carboxylic acids is 1. The van der Waals surface area contributed by atoms with Crippen LogP contribution in [-0.4, -0.2) is 37.7 Å². The van der Waals surface area contributed by atoms with Gasteiger partial charge in [-0.25, -0.2) is 9.78 Å². The quantitative estimate of drug-likeness (QED) is 0.222. The Balaban J connectivity index is 3.02. The van der Waals surface area contributed by atoms with E-state index in [1.807, 2.05) is 0 Å². The first-order valence-electron chi connectivity index (χ1n) is 3.43. The van der Waals surface area contributed by atoms with Crippen molar-refractivity contribution in [3.8, 4) is 0 Å². The second-order valence-corrected chi connectivity index (χ2v) is 2.17. The van der Waals surface area contributed by atoms with Gasteiger partial charge in [0.1, 0.15) is 5.69 Å². The Morgan fingerprint density at radius 3 is 2.50 bits per heavy atom. The number of aromatic nitrogens is 2. The summed E-state index contributed by atoms with van der Waals surface area (Å²) >= 11 is 0. The molecule has 7 nitrogen and oxygen atoms in total. The van der Waals surface area contributed by atoms with Crippen molar-refractivity contribution in [3.63, 3.8) is 0 Å². The predicted octanol–water partition coefficient (Wildman–Crippen LogP) is -0.426. The van der Waals surface area contributed by atoms with Crippen LogP contribution in [0.15, 0.2) is 23.7 Å². The van der Waals surface area contributed by atoms with Crippen LogP contribution in [0.2, 0.25) is 0 Å². The Kier molecular flexibility index (Phi) is 2.85. The molecule has 0 fully saturated rings. The van der Waals surface area contributed by atoms with E-state index in [-0.39, 0.29) is 5.69 Å². The third-order valence-electron chi connectivity index (χ3n) is 1.31. The first kappa shape index (κ1) is 9.78. The Labute approximate surface area is 77.7 Å². The van der Waals surface area contributed by atoms with E-state index in [0.717, 1.165) is 6.20 Å². The SMILES string of the molecule is O=C(O)C(=NO)C(=O)c1cnccn1. The number of carboxylic acids is 1. The van der Waals surface area contributed by atoms with Crippen molar-refractivity contribution < 1.29 is 19.9 Å². The summed E-state index contributed by atoms with van der Waals surface area (Å²) in [6, 6.07) is 0. The average molecular weight is 195 g/mol. The van der Waals surface area contributed by atoms with Gasteiger partial charge in [0.15, 0.2) is 0 Å². The molecule has 1 aromatic heterocycles. The normalized spacial score (nSPS) is 11.0. The second kappa shape index (κ2) is 4.08. The molecule has 0 saturated carbocycles. The lowest BCUT2D eigenvalue weighted by Crippen LogP contribution is -2.24. The number of hydrogen-bond donors (Lipinski definition) is 2. The monoisotopic (exact) mass is 195 g/mol. The predicted molar refractivity (Wildman–Crippen MR) is 43.2 cm³/mol. The van der Waals surface area contributed by atoms with Crippen LogP contribution in [0.4, 0.5) is 0 Å². The molecule has 0 bridgehead atoms. The molecule has 1 rings (SSSR count). The molecule has 7 heteroatoms. The van der Waals surface area contributed by atoms with Gasteiger partial charge in [-0.2, -0.15) is 0 Å². The molecule has 1 aromatic rings. The highest BCUT2D eigenvalue weighted by Gasteiger charge is 2.23. The van der Waals surface area contributed by atoms with Crippen LogP contribution in [0.1, 0.15) is 10.5 Å². The molecule has 1 heterocycles. The molecule has 0 radical (unpaired) electrons. The smallest absolute Gasteiger partial charge is 0.362 e. The van der Waals surface area contributed by atoms with E-state index >= 15 is 0 Å². The van der Waals surface area contributed by atoms with E-state index in [1.165, 1.54) is 12.4 Å². The number of hydrogen-bond acceptors (Lipinski definition) is 6. The zero-order chi connectivity index (χ0) is 10.6. The Morgan fingerprint density at radius 2 is 2.07 bits per heavy atom. The molecule has 0 saturated heterocycles. The van der Waals surface area contributed by atoms with Crippen molar-refractivity contribution >= 4 is 17.5 Å². The zero-order valence-corrected chi connectivity index (χ0v) is 6.78. The molecule has 0 amide bonds. The van der Waals surface area contributed by atoms with Crippen LogP contribution in [-0.2, 0) is 4.79 Å². The zero-order valence-electron chi connectivity index (χ0n) is 6.78. The highest BCUT2D eigenvalue weighted by molar-refractivity contribution is 6.66. The van der Waals surface area contributed by atoms with E-state index in [0.29, 0.717) is 0 Å². The molecule has 0 aromatic carbocycles. The number of carboxylic acid groups (broad SMARTS) is 1. The van der Waals surface area contributed by atoms with Gasteiger partial charge in [-0.1, -0.05) is 5.16 Å². The van der Waals surface area contributed by atoms with E-state index in [9.17, 15) is 9.59 Å². The number of carbonyl (C=O) groups is 2. The van der Waals surface area contributed by atoms with E-state index < -0.39 is 17.5 Å². The van der Waals surface area contributed by atoms with Gasteiger partial charge in [0.2, 0.25) is 11.5 Å². The van der Waals surface area contributed by atoms with Gasteiger partial charge in [0.05, 0.1) is 6.20 Å². The maximum Gasteiger partial charge on any atom is 0.362 e. The molecule has 0 aliphatic carbocycles. The molecule has 0 aliphatic heterocycles. The largest absolute Gasteiger partial charge is 0.476 e. The minimum atomic E-state index is -1.62.